The van der Waals surface area contributed by atoms with Crippen LogP contribution in [0, 0.1) is 0 Å². The van der Waals surface area contributed by atoms with Crippen LogP contribution in [0.15, 0.2) is 36.4 Å². The summed E-state index contributed by atoms with van der Waals surface area (Å²) in [6.45, 7) is 9.34. The molecule has 0 aromatic heterocycles. The Bertz CT molecular complexity index is 856. The van der Waals surface area contributed by atoms with Gasteiger partial charge in [-0.25, -0.2) is 0 Å². The van der Waals surface area contributed by atoms with Crippen molar-refractivity contribution in [1.82, 2.24) is 0 Å². The van der Waals surface area contributed by atoms with Gasteiger partial charge in [0.2, 0.25) is 0 Å². The molecule has 1 aromatic rings. The number of allylic oxidation sites excluding steroid dienone is 2. The summed E-state index contributed by atoms with van der Waals surface area (Å²) in [5.41, 5.74) is -1.37. The van der Waals surface area contributed by atoms with E-state index in [1.807, 2.05) is 0 Å². The van der Waals surface area contributed by atoms with E-state index in [0.717, 1.165) is 12.1 Å². The lowest BCUT2D eigenvalue weighted by Gasteiger charge is -2.19. The van der Waals surface area contributed by atoms with Gasteiger partial charge >= 0.3 is 15.2 Å². The van der Waals surface area contributed by atoms with Gasteiger partial charge in [0.25, 0.3) is 0 Å². The Morgan fingerprint density at radius 2 is 1.33 bits per heavy atom. The highest BCUT2D eigenvalue weighted by atomic mass is 31.2. The number of hydrogen-bond acceptors (Lipinski definition) is 4. The second kappa shape index (κ2) is 6.69. The third-order valence-electron chi connectivity index (χ3n) is 3.01. The number of carbonyl (C=O) groups excluding carboxylic acids is 2. The van der Waals surface area contributed by atoms with Crippen molar-refractivity contribution in [1.29, 1.82) is 0 Å². The van der Waals surface area contributed by atoms with E-state index in [-0.39, 0.29) is 11.1 Å². The Kier molecular flexibility index (Phi) is 5.68. The van der Waals surface area contributed by atoms with Gasteiger partial charge < -0.3 is 19.6 Å². The summed E-state index contributed by atoms with van der Waals surface area (Å²) in [7, 11) is -10.4. The molecule has 0 saturated carbocycles. The molecule has 0 bridgehead atoms. The molecule has 0 fully saturated rings. The maximum atomic E-state index is 12.4. The molecule has 1 aromatic carbocycles. The molecule has 0 unspecified atom stereocenters. The molecule has 0 spiro atoms. The van der Waals surface area contributed by atoms with Crippen LogP contribution in [0.25, 0.3) is 0 Å². The first kappa shape index (κ1) is 20.4. The number of rotatable bonds is 6. The Hall–Kier alpha value is -1.66. The number of Topliss-reactive ketones (excluding diaryl/α,β-unsaturated/α-hetero) is 2. The largest absolute Gasteiger partial charge is 0.357 e. The molecule has 0 aliphatic carbocycles. The highest BCUT2D eigenvalue weighted by Crippen LogP contribution is 2.42. The summed E-state index contributed by atoms with van der Waals surface area (Å²) in [4.78, 5) is 62.3. The van der Waals surface area contributed by atoms with E-state index >= 15 is 0 Å². The minimum atomic E-state index is -5.32. The SMILES string of the molecule is C=C(C)C(=O)c1ccc(P(=O)(O)O)c(P(=O)(O)O)c1C(=O)C(=C)C. The molecule has 0 amide bonds. The van der Waals surface area contributed by atoms with Gasteiger partial charge in [-0.1, -0.05) is 13.2 Å². The first-order valence-electron chi connectivity index (χ1n) is 6.39. The summed E-state index contributed by atoms with van der Waals surface area (Å²) < 4.78 is 23.4. The topological polar surface area (TPSA) is 149 Å². The van der Waals surface area contributed by atoms with E-state index in [4.69, 9.17) is 0 Å². The van der Waals surface area contributed by atoms with E-state index in [9.17, 15) is 38.3 Å². The standard InChI is InChI=1S/C14H16O8P2/c1-7(2)12(15)9-5-6-10(23(17,18)19)14(24(20,21)22)11(9)13(16)8(3)4/h5-6H,1,3H2,2,4H3,(H2,17,18,19)(H2,20,21,22). The predicted molar refractivity (Wildman–Crippen MR) is 88.1 cm³/mol. The second-order valence-corrected chi connectivity index (χ2v) is 8.27. The summed E-state index contributed by atoms with van der Waals surface area (Å²) in [5, 5.41) is -2.19. The summed E-state index contributed by atoms with van der Waals surface area (Å²) in [6, 6.07) is 1.65. The van der Waals surface area contributed by atoms with Gasteiger partial charge in [0, 0.05) is 11.1 Å². The highest BCUT2D eigenvalue weighted by molar-refractivity contribution is 7.67. The van der Waals surface area contributed by atoms with E-state index in [0.29, 0.717) is 0 Å². The van der Waals surface area contributed by atoms with Gasteiger partial charge in [-0.3, -0.25) is 18.7 Å². The zero-order valence-electron chi connectivity index (χ0n) is 12.9. The summed E-state index contributed by atoms with van der Waals surface area (Å²) in [6.07, 6.45) is 0. The van der Waals surface area contributed by atoms with Gasteiger partial charge in [-0.05, 0) is 37.1 Å². The normalized spacial score (nSPS) is 11.9. The van der Waals surface area contributed by atoms with Crippen molar-refractivity contribution in [3.05, 3.63) is 47.6 Å². The van der Waals surface area contributed by atoms with Gasteiger partial charge in [0.1, 0.15) is 0 Å². The minimum absolute atomic E-state index is 0.0219. The van der Waals surface area contributed by atoms with Crippen molar-refractivity contribution >= 4 is 37.4 Å². The molecule has 0 aliphatic rings. The quantitative estimate of drug-likeness (QED) is 0.325. The Morgan fingerprint density at radius 1 is 0.875 bits per heavy atom. The average Bonchev–Trinajstić information content (AvgIpc) is 2.41. The molecule has 10 heteroatoms. The van der Waals surface area contributed by atoms with Crippen LogP contribution in [0.5, 0.6) is 0 Å². The third-order valence-corrected chi connectivity index (χ3v) is 5.23. The lowest BCUT2D eigenvalue weighted by molar-refractivity contribution is 0.1000. The molecular weight excluding hydrogens is 358 g/mol. The first-order valence-corrected chi connectivity index (χ1v) is 9.61. The van der Waals surface area contributed by atoms with Crippen LogP contribution in [-0.2, 0) is 9.13 Å². The lowest BCUT2D eigenvalue weighted by atomic mass is 9.94. The second-order valence-electron chi connectivity index (χ2n) is 5.16. The molecule has 0 radical (unpaired) electrons. The van der Waals surface area contributed by atoms with Crippen molar-refractivity contribution in [3.63, 3.8) is 0 Å². The molecule has 130 valence electrons. The van der Waals surface area contributed by atoms with Crippen molar-refractivity contribution < 1.29 is 38.3 Å². The van der Waals surface area contributed by atoms with Crippen LogP contribution in [0.1, 0.15) is 34.6 Å². The molecule has 0 heterocycles. The molecule has 24 heavy (non-hydrogen) atoms. The van der Waals surface area contributed by atoms with Crippen molar-refractivity contribution in [2.45, 2.75) is 13.8 Å². The molecule has 0 aliphatic heterocycles. The van der Waals surface area contributed by atoms with Crippen LogP contribution < -0.4 is 10.6 Å². The number of ketones is 2. The maximum absolute atomic E-state index is 12.4. The number of benzene rings is 1. The molecular formula is C14H16O8P2. The predicted octanol–water partition coefficient (Wildman–Crippen LogP) is 0.810. The average molecular weight is 374 g/mol. The molecule has 1 rings (SSSR count). The lowest BCUT2D eigenvalue weighted by Crippen LogP contribution is -2.33. The van der Waals surface area contributed by atoms with Crippen LogP contribution in [0.2, 0.25) is 0 Å². The smallest absolute Gasteiger partial charge is 0.321 e. The summed E-state index contributed by atoms with van der Waals surface area (Å²) in [5.74, 6) is -1.79. The first-order chi connectivity index (χ1) is 10.7. The fraction of sp³-hybridized carbons (Fsp3) is 0.143. The molecule has 4 N–H and O–H groups in total. The fourth-order valence-corrected chi connectivity index (χ4v) is 4.30. The molecule has 0 atom stereocenters. The zero-order chi connectivity index (χ0) is 19.0. The molecule has 8 nitrogen and oxygen atoms in total. The maximum Gasteiger partial charge on any atom is 0.357 e. The van der Waals surface area contributed by atoms with E-state index in [1.165, 1.54) is 13.8 Å². The van der Waals surface area contributed by atoms with Crippen LogP contribution in [-0.4, -0.2) is 31.1 Å². The summed E-state index contributed by atoms with van der Waals surface area (Å²) >= 11 is 0. The van der Waals surface area contributed by atoms with Crippen LogP contribution in [0.4, 0.5) is 0 Å². The Morgan fingerprint density at radius 3 is 1.67 bits per heavy atom. The van der Waals surface area contributed by atoms with Gasteiger partial charge in [-0.2, -0.15) is 0 Å². The van der Waals surface area contributed by atoms with E-state index < -0.39 is 48.5 Å². The monoisotopic (exact) mass is 374 g/mol. The van der Waals surface area contributed by atoms with Gasteiger partial charge in [-0.15, -0.1) is 0 Å². The van der Waals surface area contributed by atoms with Crippen molar-refractivity contribution in [2.75, 3.05) is 0 Å². The fourth-order valence-electron chi connectivity index (χ4n) is 1.97. The van der Waals surface area contributed by atoms with Crippen LogP contribution >= 0.6 is 15.2 Å². The zero-order valence-corrected chi connectivity index (χ0v) is 14.7. The Balaban J connectivity index is 4.14. The Labute approximate surface area is 137 Å². The molecule has 0 saturated heterocycles. The highest BCUT2D eigenvalue weighted by Gasteiger charge is 2.38. The third kappa shape index (κ3) is 4.05. The van der Waals surface area contributed by atoms with E-state index in [1.54, 1.807) is 0 Å². The van der Waals surface area contributed by atoms with Gasteiger partial charge in [0.05, 0.1) is 10.6 Å². The van der Waals surface area contributed by atoms with E-state index in [2.05, 4.69) is 13.2 Å². The van der Waals surface area contributed by atoms with Crippen molar-refractivity contribution in [3.8, 4) is 0 Å². The van der Waals surface area contributed by atoms with Gasteiger partial charge in [0.15, 0.2) is 11.6 Å². The van der Waals surface area contributed by atoms with Crippen LogP contribution in [0.3, 0.4) is 0 Å². The number of hydrogen-bond donors (Lipinski definition) is 4. The minimum Gasteiger partial charge on any atom is -0.321 e. The van der Waals surface area contributed by atoms with Crippen molar-refractivity contribution in [2.24, 2.45) is 0 Å². The number of carbonyl (C=O) groups is 2.